The number of hydrogen-bond donors (Lipinski definition) is 2. The Bertz CT molecular complexity index is 847. The van der Waals surface area contributed by atoms with Crippen LogP contribution in [0, 0.1) is 18.8 Å². The van der Waals surface area contributed by atoms with E-state index in [4.69, 9.17) is 5.84 Å². The molecule has 3 atom stereocenters. The van der Waals surface area contributed by atoms with Crippen molar-refractivity contribution in [2.24, 2.45) is 22.8 Å². The van der Waals surface area contributed by atoms with Gasteiger partial charge in [0.25, 0.3) is 0 Å². The van der Waals surface area contributed by atoms with Gasteiger partial charge in [-0.05, 0) is 81.7 Å². The molecule has 1 aromatic heterocycles. The summed E-state index contributed by atoms with van der Waals surface area (Å²) >= 11 is 1.80. The molecule has 2 unspecified atom stereocenters. The van der Waals surface area contributed by atoms with Crippen LogP contribution in [0.2, 0.25) is 0 Å². The van der Waals surface area contributed by atoms with E-state index in [0.717, 1.165) is 38.2 Å². The number of rotatable bonds is 9. The summed E-state index contributed by atoms with van der Waals surface area (Å²) in [6, 6.07) is 4.18. The maximum absolute atomic E-state index is 13.1. The zero-order valence-electron chi connectivity index (χ0n) is 22.3. The van der Waals surface area contributed by atoms with E-state index in [9.17, 15) is 4.79 Å². The van der Waals surface area contributed by atoms with Crippen LogP contribution >= 0.6 is 11.3 Å². The molecule has 1 amide bonds. The van der Waals surface area contributed by atoms with Gasteiger partial charge in [-0.1, -0.05) is 33.1 Å². The second-order valence-electron chi connectivity index (χ2n) is 11.7. The van der Waals surface area contributed by atoms with Crippen molar-refractivity contribution in [3.63, 3.8) is 0 Å². The van der Waals surface area contributed by atoms with Gasteiger partial charge in [-0.3, -0.25) is 9.69 Å². The van der Waals surface area contributed by atoms with E-state index in [1.807, 2.05) is 0 Å². The molecule has 0 spiro atoms. The minimum atomic E-state index is 0.129. The summed E-state index contributed by atoms with van der Waals surface area (Å²) in [7, 11) is 0. The van der Waals surface area contributed by atoms with Crippen molar-refractivity contribution >= 4 is 23.1 Å². The standard InChI is InChI=1S/C28H47N5OS/c1-19(2)17-33(21(4)31-29)25-15-23-10-11-24(16-25)32(23)13-12-26(27-14-20(3)18-35-27)30-28(34)22-8-6-5-7-9-22/h14,18-19,22-26H,5-13,15-17,29H2,1-4H3,(H,30,34)/b31-21-/t23?,24?,25?,26-/m0/s1. The molecule has 0 aromatic carbocycles. The molecule has 3 N–H and O–H groups in total. The molecule has 2 aliphatic heterocycles. The third-order valence-electron chi connectivity index (χ3n) is 8.53. The molecule has 3 fully saturated rings. The number of hydrazone groups is 1. The molecular weight excluding hydrogens is 454 g/mol. The van der Waals surface area contributed by atoms with Crippen LogP contribution in [-0.4, -0.2) is 52.8 Å². The van der Waals surface area contributed by atoms with Gasteiger partial charge in [0.2, 0.25) is 5.91 Å². The fourth-order valence-electron chi connectivity index (χ4n) is 6.73. The lowest BCUT2D eigenvalue weighted by molar-refractivity contribution is -0.126. The summed E-state index contributed by atoms with van der Waals surface area (Å²) in [5.74, 6) is 7.75. The largest absolute Gasteiger partial charge is 0.356 e. The van der Waals surface area contributed by atoms with E-state index in [2.05, 4.69) is 59.4 Å². The number of thiophene rings is 1. The summed E-state index contributed by atoms with van der Waals surface area (Å²) in [6.07, 6.45) is 11.7. The third-order valence-corrected chi connectivity index (χ3v) is 9.69. The lowest BCUT2D eigenvalue weighted by Crippen LogP contribution is -2.53. The average Bonchev–Trinajstić information content (AvgIpc) is 3.38. The monoisotopic (exact) mass is 501 g/mol. The average molecular weight is 502 g/mol. The van der Waals surface area contributed by atoms with E-state index in [-0.39, 0.29) is 17.9 Å². The van der Waals surface area contributed by atoms with Gasteiger partial charge in [0.05, 0.1) is 6.04 Å². The number of amidine groups is 1. The Labute approximate surface area is 216 Å². The lowest BCUT2D eigenvalue weighted by atomic mass is 9.88. The van der Waals surface area contributed by atoms with Gasteiger partial charge in [-0.2, -0.15) is 5.10 Å². The number of hydrogen-bond acceptors (Lipinski definition) is 5. The Morgan fingerprint density at radius 1 is 1.20 bits per heavy atom. The van der Waals surface area contributed by atoms with Crippen LogP contribution in [0.15, 0.2) is 16.5 Å². The molecule has 2 saturated heterocycles. The van der Waals surface area contributed by atoms with Crippen LogP contribution in [0.5, 0.6) is 0 Å². The fraction of sp³-hybridized carbons (Fsp3) is 0.786. The highest BCUT2D eigenvalue weighted by Gasteiger charge is 2.42. The van der Waals surface area contributed by atoms with Crippen molar-refractivity contribution in [2.45, 2.75) is 116 Å². The number of carbonyl (C=O) groups is 1. The SMILES string of the molecule is C/C(=N/N)N(CC(C)C)C1CC2CCC(C1)N2CC[C@H](NC(=O)C1CCCCC1)c1cc(C)cs1. The first-order valence-electron chi connectivity index (χ1n) is 14.0. The topological polar surface area (TPSA) is 74.0 Å². The normalized spacial score (nSPS) is 26.8. The van der Waals surface area contributed by atoms with E-state index < -0.39 is 0 Å². The molecule has 3 heterocycles. The Morgan fingerprint density at radius 2 is 1.89 bits per heavy atom. The van der Waals surface area contributed by atoms with E-state index in [0.29, 0.717) is 24.0 Å². The minimum Gasteiger partial charge on any atom is -0.356 e. The van der Waals surface area contributed by atoms with Gasteiger partial charge in [0, 0.05) is 42.0 Å². The molecular formula is C28H47N5OS. The molecule has 2 bridgehead atoms. The van der Waals surface area contributed by atoms with Gasteiger partial charge < -0.3 is 16.1 Å². The number of nitrogens with one attached hydrogen (secondary N) is 1. The molecule has 7 heteroatoms. The maximum Gasteiger partial charge on any atom is 0.223 e. The van der Waals surface area contributed by atoms with Crippen molar-refractivity contribution in [3.05, 3.63) is 21.9 Å². The molecule has 35 heavy (non-hydrogen) atoms. The lowest BCUT2D eigenvalue weighted by Gasteiger charge is -2.44. The van der Waals surface area contributed by atoms with Crippen LogP contribution < -0.4 is 11.2 Å². The van der Waals surface area contributed by atoms with Crippen LogP contribution in [0.25, 0.3) is 0 Å². The Balaban J connectivity index is 1.39. The zero-order chi connectivity index (χ0) is 24.9. The van der Waals surface area contributed by atoms with E-state index in [1.54, 1.807) is 11.3 Å². The first-order valence-corrected chi connectivity index (χ1v) is 14.9. The first kappa shape index (κ1) is 26.5. The van der Waals surface area contributed by atoms with Crippen molar-refractivity contribution in [1.82, 2.24) is 15.1 Å². The van der Waals surface area contributed by atoms with Gasteiger partial charge in [0.1, 0.15) is 5.84 Å². The molecule has 1 aliphatic carbocycles. The van der Waals surface area contributed by atoms with Crippen LogP contribution in [0.4, 0.5) is 0 Å². The summed E-state index contributed by atoms with van der Waals surface area (Å²) < 4.78 is 0. The van der Waals surface area contributed by atoms with Crippen molar-refractivity contribution < 1.29 is 4.79 Å². The smallest absolute Gasteiger partial charge is 0.223 e. The van der Waals surface area contributed by atoms with Crippen molar-refractivity contribution in [2.75, 3.05) is 13.1 Å². The van der Waals surface area contributed by atoms with Crippen molar-refractivity contribution in [1.29, 1.82) is 0 Å². The molecule has 0 radical (unpaired) electrons. The summed E-state index contributed by atoms with van der Waals surface area (Å²) in [5, 5.41) is 9.76. The first-order chi connectivity index (χ1) is 16.9. The predicted molar refractivity (Wildman–Crippen MR) is 147 cm³/mol. The predicted octanol–water partition coefficient (Wildman–Crippen LogP) is 5.43. The molecule has 6 nitrogen and oxygen atoms in total. The Kier molecular flexibility index (Phi) is 9.14. The minimum absolute atomic E-state index is 0.129. The highest BCUT2D eigenvalue weighted by atomic mass is 32.1. The van der Waals surface area contributed by atoms with Gasteiger partial charge >= 0.3 is 0 Å². The quantitative estimate of drug-likeness (QED) is 0.205. The van der Waals surface area contributed by atoms with Gasteiger partial charge in [0.15, 0.2) is 0 Å². The molecule has 4 rings (SSSR count). The summed E-state index contributed by atoms with van der Waals surface area (Å²) in [4.78, 5) is 19.7. The maximum atomic E-state index is 13.1. The van der Waals surface area contributed by atoms with Crippen LogP contribution in [-0.2, 0) is 4.79 Å². The summed E-state index contributed by atoms with van der Waals surface area (Å²) in [6.45, 7) is 10.8. The number of fused-ring (bicyclic) bond motifs is 2. The highest BCUT2D eigenvalue weighted by Crippen LogP contribution is 2.39. The highest BCUT2D eigenvalue weighted by molar-refractivity contribution is 7.10. The number of amides is 1. The number of piperidine rings is 1. The molecule has 1 aromatic rings. The second kappa shape index (κ2) is 12.1. The Hall–Kier alpha value is -1.60. The molecule has 3 aliphatic rings. The van der Waals surface area contributed by atoms with Crippen LogP contribution in [0.3, 0.4) is 0 Å². The second-order valence-corrected chi connectivity index (χ2v) is 12.6. The molecule has 1 saturated carbocycles. The van der Waals surface area contributed by atoms with Crippen molar-refractivity contribution in [3.8, 4) is 0 Å². The van der Waals surface area contributed by atoms with Crippen LogP contribution in [0.1, 0.15) is 101 Å². The van der Waals surface area contributed by atoms with E-state index in [1.165, 1.54) is 55.4 Å². The number of nitrogens with two attached hydrogens (primary N) is 1. The number of carbonyl (C=O) groups excluding carboxylic acids is 1. The van der Waals surface area contributed by atoms with E-state index >= 15 is 0 Å². The Morgan fingerprint density at radius 3 is 2.46 bits per heavy atom. The zero-order valence-corrected chi connectivity index (χ0v) is 23.2. The summed E-state index contributed by atoms with van der Waals surface area (Å²) in [5.41, 5.74) is 1.30. The number of aryl methyl sites for hydroxylation is 1. The van der Waals surface area contributed by atoms with Gasteiger partial charge in [-0.25, -0.2) is 0 Å². The van der Waals surface area contributed by atoms with Gasteiger partial charge in [-0.15, -0.1) is 11.3 Å². The third kappa shape index (κ3) is 6.59. The molecule has 196 valence electrons. The number of nitrogens with zero attached hydrogens (tertiary/aromatic N) is 3. The fourth-order valence-corrected chi connectivity index (χ4v) is 7.72.